The van der Waals surface area contributed by atoms with Gasteiger partial charge in [-0.15, -0.1) is 0 Å². The quantitative estimate of drug-likeness (QED) is 0.538. The Morgan fingerprint density at radius 3 is 2.62 bits per heavy atom. The highest BCUT2D eigenvalue weighted by Gasteiger charge is 2.03. The van der Waals surface area contributed by atoms with Crippen molar-refractivity contribution < 1.29 is 4.74 Å². The Labute approximate surface area is 144 Å². The average Bonchev–Trinajstić information content (AvgIpc) is 3.09. The average molecular weight is 335 g/mol. The fourth-order valence-electron chi connectivity index (χ4n) is 2.62. The second-order valence-corrected chi connectivity index (χ2v) is 6.01. The summed E-state index contributed by atoms with van der Waals surface area (Å²) in [4.78, 5) is 7.42. The molecule has 0 aliphatic carbocycles. The minimum absolute atomic E-state index is 0.513. The summed E-state index contributed by atoms with van der Waals surface area (Å²) in [5.74, 6) is 0.838. The van der Waals surface area contributed by atoms with Gasteiger partial charge in [-0.3, -0.25) is 0 Å². The summed E-state index contributed by atoms with van der Waals surface area (Å²) in [7, 11) is 0. The molecule has 118 valence electrons. The summed E-state index contributed by atoms with van der Waals surface area (Å²) < 4.78 is 5.90. The first-order valence-corrected chi connectivity index (χ1v) is 8.06. The van der Waals surface area contributed by atoms with Crippen molar-refractivity contribution in [2.75, 3.05) is 0 Å². The van der Waals surface area contributed by atoms with Crippen molar-refractivity contribution in [2.24, 2.45) is 0 Å². The fourth-order valence-corrected chi connectivity index (χ4v) is 2.75. The van der Waals surface area contributed by atoms with Crippen LogP contribution in [0.4, 0.5) is 0 Å². The molecule has 4 rings (SSSR count). The molecule has 0 bridgehead atoms. The second kappa shape index (κ2) is 6.38. The van der Waals surface area contributed by atoms with E-state index in [0.717, 1.165) is 38.5 Å². The normalized spacial score (nSPS) is 10.9. The summed E-state index contributed by atoms with van der Waals surface area (Å²) in [6.07, 6.45) is 1.71. The van der Waals surface area contributed by atoms with Gasteiger partial charge in [0.25, 0.3) is 0 Å². The summed E-state index contributed by atoms with van der Waals surface area (Å²) in [5.41, 5.74) is 5.30. The smallest absolute Gasteiger partial charge is 0.120 e. The van der Waals surface area contributed by atoms with Crippen LogP contribution in [0, 0.1) is 0 Å². The van der Waals surface area contributed by atoms with Crippen molar-refractivity contribution >= 4 is 22.6 Å². The highest BCUT2D eigenvalue weighted by Crippen LogP contribution is 2.26. The molecule has 1 N–H and O–H groups in total. The van der Waals surface area contributed by atoms with Gasteiger partial charge < -0.3 is 9.72 Å². The SMILES string of the molecule is Clc1ccc(COc2cccc(-c3ccc4[nH]cnc4c3)c2)cc1. The molecule has 0 saturated heterocycles. The molecule has 0 amide bonds. The van der Waals surface area contributed by atoms with E-state index in [9.17, 15) is 0 Å². The molecule has 3 aromatic carbocycles. The third-order valence-electron chi connectivity index (χ3n) is 3.91. The maximum atomic E-state index is 5.90. The molecule has 3 nitrogen and oxygen atoms in total. The zero-order valence-corrected chi connectivity index (χ0v) is 13.6. The van der Waals surface area contributed by atoms with E-state index in [2.05, 4.69) is 28.2 Å². The third-order valence-corrected chi connectivity index (χ3v) is 4.16. The van der Waals surface area contributed by atoms with Gasteiger partial charge in [-0.25, -0.2) is 4.98 Å². The molecular formula is C20H15ClN2O. The Hall–Kier alpha value is -2.78. The van der Waals surface area contributed by atoms with Crippen LogP contribution in [0.3, 0.4) is 0 Å². The predicted octanol–water partition coefficient (Wildman–Crippen LogP) is 5.46. The molecule has 0 saturated carbocycles. The van der Waals surface area contributed by atoms with E-state index in [1.54, 1.807) is 6.33 Å². The van der Waals surface area contributed by atoms with Crippen LogP contribution >= 0.6 is 11.6 Å². The van der Waals surface area contributed by atoms with E-state index in [1.807, 2.05) is 48.5 Å². The van der Waals surface area contributed by atoms with Gasteiger partial charge in [0.2, 0.25) is 0 Å². The van der Waals surface area contributed by atoms with Gasteiger partial charge in [-0.1, -0.05) is 41.9 Å². The molecule has 0 fully saturated rings. The zero-order chi connectivity index (χ0) is 16.4. The number of nitrogens with one attached hydrogen (secondary N) is 1. The lowest BCUT2D eigenvalue weighted by atomic mass is 10.0. The number of halogens is 1. The Kier molecular flexibility index (Phi) is 3.93. The van der Waals surface area contributed by atoms with Gasteiger partial charge in [0.15, 0.2) is 0 Å². The van der Waals surface area contributed by atoms with Crippen molar-refractivity contribution in [3.63, 3.8) is 0 Å². The van der Waals surface area contributed by atoms with Crippen LogP contribution in [-0.4, -0.2) is 9.97 Å². The van der Waals surface area contributed by atoms with E-state index in [0.29, 0.717) is 6.61 Å². The highest BCUT2D eigenvalue weighted by molar-refractivity contribution is 6.30. The van der Waals surface area contributed by atoms with Gasteiger partial charge >= 0.3 is 0 Å². The van der Waals surface area contributed by atoms with E-state index >= 15 is 0 Å². The Balaban J connectivity index is 1.55. The summed E-state index contributed by atoms with van der Waals surface area (Å²) in [5, 5.41) is 0.731. The van der Waals surface area contributed by atoms with Crippen molar-refractivity contribution in [3.8, 4) is 16.9 Å². The number of ether oxygens (including phenoxy) is 1. The van der Waals surface area contributed by atoms with Gasteiger partial charge in [-0.05, 0) is 53.1 Å². The zero-order valence-electron chi connectivity index (χ0n) is 12.9. The van der Waals surface area contributed by atoms with Gasteiger partial charge in [0.05, 0.1) is 17.4 Å². The maximum absolute atomic E-state index is 5.90. The number of nitrogens with zero attached hydrogens (tertiary/aromatic N) is 1. The monoisotopic (exact) mass is 334 g/mol. The van der Waals surface area contributed by atoms with Crippen LogP contribution in [0.25, 0.3) is 22.2 Å². The largest absolute Gasteiger partial charge is 0.489 e. The van der Waals surface area contributed by atoms with Crippen LogP contribution in [0.1, 0.15) is 5.56 Å². The van der Waals surface area contributed by atoms with Crippen LogP contribution in [0.2, 0.25) is 5.02 Å². The molecule has 0 unspecified atom stereocenters. The first-order chi connectivity index (χ1) is 11.8. The van der Waals surface area contributed by atoms with Crippen molar-refractivity contribution in [3.05, 3.63) is 83.6 Å². The standard InChI is InChI=1S/C20H15ClN2O/c21-17-7-4-14(5-8-17)12-24-18-3-1-2-15(10-18)16-6-9-19-20(11-16)23-13-22-19/h1-11,13H,12H2,(H,22,23). The van der Waals surface area contributed by atoms with Gasteiger partial charge in [0, 0.05) is 5.02 Å². The second-order valence-electron chi connectivity index (χ2n) is 5.58. The molecule has 4 aromatic rings. The summed E-state index contributed by atoms with van der Waals surface area (Å²) in [6.45, 7) is 0.513. The van der Waals surface area contributed by atoms with Crippen LogP contribution < -0.4 is 4.74 Å². The van der Waals surface area contributed by atoms with Crippen LogP contribution in [0.15, 0.2) is 73.1 Å². The lowest BCUT2D eigenvalue weighted by Gasteiger charge is -2.09. The van der Waals surface area contributed by atoms with Gasteiger partial charge in [0.1, 0.15) is 12.4 Å². The molecule has 1 aromatic heterocycles. The minimum Gasteiger partial charge on any atom is -0.489 e. The molecule has 4 heteroatoms. The van der Waals surface area contributed by atoms with Gasteiger partial charge in [-0.2, -0.15) is 0 Å². The summed E-state index contributed by atoms with van der Waals surface area (Å²) in [6, 6.07) is 22.0. The molecule has 0 aliphatic heterocycles. The van der Waals surface area contributed by atoms with E-state index in [4.69, 9.17) is 16.3 Å². The number of imidazole rings is 1. The van der Waals surface area contributed by atoms with Crippen LogP contribution in [0.5, 0.6) is 5.75 Å². The molecule has 24 heavy (non-hydrogen) atoms. The van der Waals surface area contributed by atoms with Crippen LogP contribution in [-0.2, 0) is 6.61 Å². The van der Waals surface area contributed by atoms with E-state index in [-0.39, 0.29) is 0 Å². The topological polar surface area (TPSA) is 37.9 Å². The lowest BCUT2D eigenvalue weighted by Crippen LogP contribution is -1.95. The Bertz CT molecular complexity index is 976. The number of aromatic amines is 1. The Morgan fingerprint density at radius 2 is 1.75 bits per heavy atom. The van der Waals surface area contributed by atoms with Crippen molar-refractivity contribution in [1.82, 2.24) is 9.97 Å². The molecular weight excluding hydrogens is 320 g/mol. The number of H-pyrrole nitrogens is 1. The minimum atomic E-state index is 0.513. The molecule has 0 aliphatic rings. The number of hydrogen-bond donors (Lipinski definition) is 1. The van der Waals surface area contributed by atoms with E-state index in [1.165, 1.54) is 0 Å². The molecule has 0 atom stereocenters. The first kappa shape index (κ1) is 14.8. The third kappa shape index (κ3) is 3.12. The number of rotatable bonds is 4. The van der Waals surface area contributed by atoms with E-state index < -0.39 is 0 Å². The van der Waals surface area contributed by atoms with Crippen molar-refractivity contribution in [1.29, 1.82) is 0 Å². The number of hydrogen-bond acceptors (Lipinski definition) is 2. The molecule has 0 radical (unpaired) electrons. The fraction of sp³-hybridized carbons (Fsp3) is 0.0500. The Morgan fingerprint density at radius 1 is 0.917 bits per heavy atom. The lowest BCUT2D eigenvalue weighted by molar-refractivity contribution is 0.306. The maximum Gasteiger partial charge on any atom is 0.120 e. The predicted molar refractivity (Wildman–Crippen MR) is 97.3 cm³/mol. The number of fused-ring (bicyclic) bond motifs is 1. The number of benzene rings is 3. The molecule has 0 spiro atoms. The highest BCUT2D eigenvalue weighted by atomic mass is 35.5. The summed E-state index contributed by atoms with van der Waals surface area (Å²) >= 11 is 5.90. The molecule has 1 heterocycles. The van der Waals surface area contributed by atoms with Crippen molar-refractivity contribution in [2.45, 2.75) is 6.61 Å². The number of aromatic nitrogens is 2. The first-order valence-electron chi connectivity index (χ1n) is 7.69.